The molecule has 1 aliphatic carbocycles. The fourth-order valence-corrected chi connectivity index (χ4v) is 2.05. The van der Waals surface area contributed by atoms with Gasteiger partial charge in [0.1, 0.15) is 0 Å². The van der Waals surface area contributed by atoms with Crippen molar-refractivity contribution in [1.82, 2.24) is 0 Å². The smallest absolute Gasteiger partial charge is 0.00316 e. The van der Waals surface area contributed by atoms with Gasteiger partial charge >= 0.3 is 0 Å². The third kappa shape index (κ3) is 2.78. The average molecular weight is 234 g/mol. The van der Waals surface area contributed by atoms with Gasteiger partial charge in [0.05, 0.1) is 0 Å². The minimum atomic E-state index is 0.930. The molecule has 1 aromatic carbocycles. The fraction of sp³-hybridized carbons (Fsp3) is 0.111. The van der Waals surface area contributed by atoms with Gasteiger partial charge in [-0.2, -0.15) is 0 Å². The molecule has 0 aromatic heterocycles. The fourth-order valence-electron chi connectivity index (χ4n) is 2.05. The van der Waals surface area contributed by atoms with E-state index in [0.29, 0.717) is 0 Å². The van der Waals surface area contributed by atoms with E-state index < -0.39 is 0 Å². The highest BCUT2D eigenvalue weighted by molar-refractivity contribution is 5.56. The van der Waals surface area contributed by atoms with Crippen molar-refractivity contribution in [3.63, 3.8) is 0 Å². The molecule has 0 aliphatic heterocycles. The molecule has 0 N–H and O–H groups in total. The van der Waals surface area contributed by atoms with Gasteiger partial charge in [-0.25, -0.2) is 0 Å². The Kier molecular flexibility index (Phi) is 3.78. The van der Waals surface area contributed by atoms with Gasteiger partial charge in [0.25, 0.3) is 0 Å². The standard InChI is InChI=1S/C18H18/c1-4-17-9-6-10-18(15(17)3)12-11-16-8-5-7-14(2)13-16/h4-12H,2-3,13H2,1H3/b12-11-,17-4-. The Morgan fingerprint density at radius 2 is 2.00 bits per heavy atom. The molecule has 1 aromatic rings. The summed E-state index contributed by atoms with van der Waals surface area (Å²) in [6, 6.07) is 6.25. The van der Waals surface area contributed by atoms with Crippen molar-refractivity contribution in [3.8, 4) is 0 Å². The molecule has 0 saturated heterocycles. The third-order valence-electron chi connectivity index (χ3n) is 3.11. The molecule has 0 saturated carbocycles. The highest BCUT2D eigenvalue weighted by Gasteiger charge is 1.98. The molecule has 0 heteroatoms. The summed E-state index contributed by atoms with van der Waals surface area (Å²) in [7, 11) is 0. The highest BCUT2D eigenvalue weighted by Crippen LogP contribution is 2.17. The second-order valence-electron chi connectivity index (χ2n) is 4.47. The van der Waals surface area contributed by atoms with Crippen molar-refractivity contribution in [3.05, 3.63) is 76.2 Å². The van der Waals surface area contributed by atoms with E-state index in [1.165, 1.54) is 16.4 Å². The van der Waals surface area contributed by atoms with Crippen molar-refractivity contribution in [2.24, 2.45) is 0 Å². The molecule has 0 nitrogen and oxygen atoms in total. The second kappa shape index (κ2) is 5.50. The summed E-state index contributed by atoms with van der Waals surface area (Å²) in [6.07, 6.45) is 13.5. The number of rotatable bonds is 2. The van der Waals surface area contributed by atoms with E-state index in [1.807, 2.05) is 13.0 Å². The molecule has 0 fully saturated rings. The van der Waals surface area contributed by atoms with Crippen molar-refractivity contribution >= 4 is 18.7 Å². The molecule has 0 radical (unpaired) electrons. The Bertz CT molecular complexity index is 652. The number of hydrogen-bond donors (Lipinski definition) is 0. The Morgan fingerprint density at radius 1 is 1.17 bits per heavy atom. The van der Waals surface area contributed by atoms with Crippen LogP contribution in [-0.2, 0) is 0 Å². The van der Waals surface area contributed by atoms with Crippen LogP contribution in [-0.4, -0.2) is 0 Å². The first-order chi connectivity index (χ1) is 8.70. The highest BCUT2D eigenvalue weighted by atomic mass is 14.0. The third-order valence-corrected chi connectivity index (χ3v) is 3.11. The van der Waals surface area contributed by atoms with Gasteiger partial charge in [0.2, 0.25) is 0 Å². The summed E-state index contributed by atoms with van der Waals surface area (Å²) in [5, 5.41) is 2.28. The van der Waals surface area contributed by atoms with E-state index in [1.54, 1.807) is 0 Å². The molecular weight excluding hydrogens is 216 g/mol. The van der Waals surface area contributed by atoms with E-state index >= 15 is 0 Å². The van der Waals surface area contributed by atoms with Crippen LogP contribution in [0.15, 0.2) is 60.2 Å². The normalized spacial score (nSPS) is 16.4. The average Bonchev–Trinajstić information content (AvgIpc) is 2.38. The van der Waals surface area contributed by atoms with E-state index in [0.717, 1.165) is 17.2 Å². The minimum absolute atomic E-state index is 0.930. The molecule has 0 unspecified atom stereocenters. The summed E-state index contributed by atoms with van der Waals surface area (Å²) in [5.41, 5.74) is 3.61. The zero-order valence-corrected chi connectivity index (χ0v) is 10.8. The van der Waals surface area contributed by atoms with Gasteiger partial charge in [-0.3, -0.25) is 0 Å². The van der Waals surface area contributed by atoms with Crippen LogP contribution in [0, 0.1) is 0 Å². The van der Waals surface area contributed by atoms with Crippen LogP contribution in [0.2, 0.25) is 0 Å². The van der Waals surface area contributed by atoms with E-state index in [-0.39, 0.29) is 0 Å². The summed E-state index contributed by atoms with van der Waals surface area (Å²) in [5.74, 6) is 0. The molecule has 0 bridgehead atoms. The summed E-state index contributed by atoms with van der Waals surface area (Å²) >= 11 is 0. The van der Waals surface area contributed by atoms with Gasteiger partial charge in [-0.15, -0.1) is 0 Å². The summed E-state index contributed by atoms with van der Waals surface area (Å²) in [6.45, 7) is 10.2. The van der Waals surface area contributed by atoms with Crippen molar-refractivity contribution in [2.75, 3.05) is 0 Å². The van der Waals surface area contributed by atoms with Crippen LogP contribution in [0.1, 0.15) is 18.9 Å². The monoisotopic (exact) mass is 234 g/mol. The first kappa shape index (κ1) is 12.4. The van der Waals surface area contributed by atoms with Gasteiger partial charge in [-0.05, 0) is 34.9 Å². The number of hydrogen-bond acceptors (Lipinski definition) is 0. The predicted octanol–water partition coefficient (Wildman–Crippen LogP) is 3.35. The summed E-state index contributed by atoms with van der Waals surface area (Å²) in [4.78, 5) is 0. The minimum Gasteiger partial charge on any atom is -0.0955 e. The lowest BCUT2D eigenvalue weighted by Gasteiger charge is -2.06. The maximum Gasteiger partial charge on any atom is -0.00316 e. The Morgan fingerprint density at radius 3 is 2.72 bits per heavy atom. The molecule has 0 amide bonds. The van der Waals surface area contributed by atoms with E-state index in [2.05, 4.69) is 61.7 Å². The molecular formula is C18H18. The van der Waals surface area contributed by atoms with Crippen LogP contribution in [0.3, 0.4) is 0 Å². The lowest BCUT2D eigenvalue weighted by Crippen LogP contribution is -2.24. The van der Waals surface area contributed by atoms with Crippen LogP contribution in [0.4, 0.5) is 0 Å². The van der Waals surface area contributed by atoms with E-state index in [9.17, 15) is 0 Å². The van der Waals surface area contributed by atoms with Crippen molar-refractivity contribution < 1.29 is 0 Å². The quantitative estimate of drug-likeness (QED) is 0.736. The Hall–Kier alpha value is -2.08. The lowest BCUT2D eigenvalue weighted by atomic mass is 10.00. The molecule has 0 spiro atoms. The number of benzene rings is 1. The molecule has 90 valence electrons. The maximum absolute atomic E-state index is 4.14. The first-order valence-electron chi connectivity index (χ1n) is 6.18. The topological polar surface area (TPSA) is 0 Å². The molecule has 0 atom stereocenters. The largest absolute Gasteiger partial charge is 0.0955 e. The Labute approximate surface area is 109 Å². The van der Waals surface area contributed by atoms with Crippen LogP contribution in [0.25, 0.3) is 18.7 Å². The van der Waals surface area contributed by atoms with E-state index in [4.69, 9.17) is 0 Å². The van der Waals surface area contributed by atoms with Gasteiger partial charge in [-0.1, -0.05) is 73.4 Å². The maximum atomic E-state index is 4.14. The van der Waals surface area contributed by atoms with Gasteiger partial charge in [0.15, 0.2) is 0 Å². The van der Waals surface area contributed by atoms with Crippen LogP contribution < -0.4 is 10.4 Å². The Balaban J connectivity index is 2.30. The van der Waals surface area contributed by atoms with Gasteiger partial charge < -0.3 is 0 Å². The zero-order valence-electron chi connectivity index (χ0n) is 10.8. The summed E-state index contributed by atoms with van der Waals surface area (Å²) < 4.78 is 0. The molecule has 2 rings (SSSR count). The second-order valence-corrected chi connectivity index (χ2v) is 4.47. The van der Waals surface area contributed by atoms with Crippen LogP contribution in [0.5, 0.6) is 0 Å². The predicted molar refractivity (Wildman–Crippen MR) is 81.4 cm³/mol. The molecule has 0 heterocycles. The van der Waals surface area contributed by atoms with Crippen molar-refractivity contribution in [2.45, 2.75) is 13.3 Å². The first-order valence-corrected chi connectivity index (χ1v) is 6.18. The molecule has 18 heavy (non-hydrogen) atoms. The van der Waals surface area contributed by atoms with Crippen LogP contribution >= 0.6 is 0 Å². The van der Waals surface area contributed by atoms with Crippen molar-refractivity contribution in [1.29, 1.82) is 0 Å². The lowest BCUT2D eigenvalue weighted by molar-refractivity contribution is 1.20. The number of allylic oxidation sites excluding steroid dienone is 6. The van der Waals surface area contributed by atoms with Gasteiger partial charge in [0, 0.05) is 0 Å². The SMILES string of the molecule is C=C1C=CC=C(/C=C\c2ccc/c(=C/C)c2=C)C1. The molecule has 1 aliphatic rings. The zero-order chi connectivity index (χ0) is 13.0.